The maximum absolute atomic E-state index is 12.5. The highest BCUT2D eigenvalue weighted by atomic mass is 19.4. The number of rotatable bonds is 4. The number of alkyl halides is 3. The first-order valence-corrected chi connectivity index (χ1v) is 5.52. The lowest BCUT2D eigenvalue weighted by molar-refractivity contribution is -0.137. The molecule has 1 rings (SSSR count). The Morgan fingerprint density at radius 3 is 2.56 bits per heavy atom. The SMILES string of the molecule is COc1cc(C(F)(F)F)ccc1C(C)CCC#N. The van der Waals surface area contributed by atoms with Crippen LogP contribution in [0.2, 0.25) is 0 Å². The fourth-order valence-electron chi connectivity index (χ4n) is 1.73. The van der Waals surface area contributed by atoms with Crippen molar-refractivity contribution in [2.24, 2.45) is 0 Å². The van der Waals surface area contributed by atoms with Gasteiger partial charge in [0.2, 0.25) is 0 Å². The Bertz CT molecular complexity index is 449. The second-order valence-electron chi connectivity index (χ2n) is 4.05. The lowest BCUT2D eigenvalue weighted by atomic mass is 9.94. The van der Waals surface area contributed by atoms with Crippen LogP contribution >= 0.6 is 0 Å². The molecule has 1 aromatic carbocycles. The minimum Gasteiger partial charge on any atom is -0.496 e. The molecule has 0 aliphatic rings. The van der Waals surface area contributed by atoms with Crippen LogP contribution in [-0.2, 0) is 6.18 Å². The Labute approximate surface area is 104 Å². The van der Waals surface area contributed by atoms with Crippen LogP contribution in [0.3, 0.4) is 0 Å². The molecule has 1 unspecified atom stereocenters. The van der Waals surface area contributed by atoms with Gasteiger partial charge in [-0.25, -0.2) is 0 Å². The van der Waals surface area contributed by atoms with Crippen molar-refractivity contribution in [3.63, 3.8) is 0 Å². The van der Waals surface area contributed by atoms with E-state index in [4.69, 9.17) is 10.00 Å². The molecule has 5 heteroatoms. The minimum atomic E-state index is -4.37. The van der Waals surface area contributed by atoms with E-state index in [9.17, 15) is 13.2 Å². The predicted molar refractivity (Wildman–Crippen MR) is 61.3 cm³/mol. The van der Waals surface area contributed by atoms with Crippen molar-refractivity contribution in [3.8, 4) is 11.8 Å². The monoisotopic (exact) mass is 257 g/mol. The number of methoxy groups -OCH3 is 1. The summed E-state index contributed by atoms with van der Waals surface area (Å²) in [5.41, 5.74) is -0.0312. The van der Waals surface area contributed by atoms with Gasteiger partial charge in [0.15, 0.2) is 0 Å². The standard InChI is InChI=1S/C13H14F3NO/c1-9(4-3-7-17)11-6-5-10(13(14,15)16)8-12(11)18-2/h5-6,8-9H,3-4H2,1-2H3. The predicted octanol–water partition coefficient (Wildman–Crippen LogP) is 4.12. The van der Waals surface area contributed by atoms with Gasteiger partial charge in [-0.2, -0.15) is 18.4 Å². The molecule has 18 heavy (non-hydrogen) atoms. The molecular formula is C13H14F3NO. The summed E-state index contributed by atoms with van der Waals surface area (Å²) in [5, 5.41) is 8.51. The molecule has 0 fully saturated rings. The van der Waals surface area contributed by atoms with E-state index < -0.39 is 11.7 Å². The Kier molecular flexibility index (Phi) is 4.60. The second kappa shape index (κ2) is 5.76. The van der Waals surface area contributed by atoms with E-state index in [1.165, 1.54) is 13.2 Å². The highest BCUT2D eigenvalue weighted by molar-refractivity contribution is 5.40. The first kappa shape index (κ1) is 14.4. The van der Waals surface area contributed by atoms with E-state index in [0.717, 1.165) is 12.1 Å². The van der Waals surface area contributed by atoms with Crippen LogP contribution in [0.25, 0.3) is 0 Å². The van der Waals surface area contributed by atoms with Crippen molar-refractivity contribution in [3.05, 3.63) is 29.3 Å². The summed E-state index contributed by atoms with van der Waals surface area (Å²) in [5.74, 6) is 0.206. The zero-order valence-corrected chi connectivity index (χ0v) is 10.2. The van der Waals surface area contributed by atoms with E-state index in [1.54, 1.807) is 0 Å². The maximum atomic E-state index is 12.5. The van der Waals surface area contributed by atoms with Gasteiger partial charge < -0.3 is 4.74 Å². The Hall–Kier alpha value is -1.70. The van der Waals surface area contributed by atoms with Gasteiger partial charge >= 0.3 is 6.18 Å². The summed E-state index contributed by atoms with van der Waals surface area (Å²) >= 11 is 0. The van der Waals surface area contributed by atoms with E-state index in [1.807, 2.05) is 13.0 Å². The molecule has 0 heterocycles. The number of hydrogen-bond acceptors (Lipinski definition) is 2. The number of halogens is 3. The maximum Gasteiger partial charge on any atom is 0.416 e. The Morgan fingerprint density at radius 2 is 2.06 bits per heavy atom. The summed E-state index contributed by atoms with van der Waals surface area (Å²) in [6.45, 7) is 1.86. The number of nitriles is 1. The lowest BCUT2D eigenvalue weighted by Gasteiger charge is -2.16. The highest BCUT2D eigenvalue weighted by Gasteiger charge is 2.31. The molecule has 0 radical (unpaired) electrons. The molecule has 0 aromatic heterocycles. The first-order chi connectivity index (χ1) is 8.40. The van der Waals surface area contributed by atoms with Crippen molar-refractivity contribution < 1.29 is 17.9 Å². The Morgan fingerprint density at radius 1 is 1.39 bits per heavy atom. The number of hydrogen-bond donors (Lipinski definition) is 0. The molecule has 0 saturated heterocycles. The summed E-state index contributed by atoms with van der Waals surface area (Å²) in [6, 6.07) is 5.48. The van der Waals surface area contributed by atoms with E-state index in [-0.39, 0.29) is 11.7 Å². The van der Waals surface area contributed by atoms with Crippen LogP contribution in [0.4, 0.5) is 13.2 Å². The molecule has 98 valence electrons. The van der Waals surface area contributed by atoms with E-state index in [0.29, 0.717) is 18.4 Å². The molecule has 0 aliphatic carbocycles. The van der Waals surface area contributed by atoms with Gasteiger partial charge in [-0.05, 0) is 30.0 Å². The molecular weight excluding hydrogens is 243 g/mol. The fraction of sp³-hybridized carbons (Fsp3) is 0.462. The van der Waals surface area contributed by atoms with Gasteiger partial charge in [0.25, 0.3) is 0 Å². The Balaban J connectivity index is 3.04. The zero-order chi connectivity index (χ0) is 13.8. The summed E-state index contributed by atoms with van der Waals surface area (Å²) in [7, 11) is 1.34. The van der Waals surface area contributed by atoms with Gasteiger partial charge in [0.1, 0.15) is 5.75 Å². The van der Waals surface area contributed by atoms with Gasteiger partial charge in [0, 0.05) is 6.42 Å². The largest absolute Gasteiger partial charge is 0.496 e. The summed E-state index contributed by atoms with van der Waals surface area (Å²) in [4.78, 5) is 0. The smallest absolute Gasteiger partial charge is 0.416 e. The zero-order valence-electron chi connectivity index (χ0n) is 10.2. The van der Waals surface area contributed by atoms with Crippen LogP contribution in [-0.4, -0.2) is 7.11 Å². The summed E-state index contributed by atoms with van der Waals surface area (Å²) < 4.78 is 42.6. The van der Waals surface area contributed by atoms with Crippen LogP contribution in [0.5, 0.6) is 5.75 Å². The lowest BCUT2D eigenvalue weighted by Crippen LogP contribution is -2.07. The van der Waals surface area contributed by atoms with E-state index >= 15 is 0 Å². The van der Waals surface area contributed by atoms with Crippen LogP contribution in [0.15, 0.2) is 18.2 Å². The molecule has 0 aliphatic heterocycles. The molecule has 0 N–H and O–H groups in total. The number of ether oxygens (including phenoxy) is 1. The first-order valence-electron chi connectivity index (χ1n) is 5.52. The highest BCUT2D eigenvalue weighted by Crippen LogP contribution is 2.36. The molecule has 0 amide bonds. The van der Waals surface area contributed by atoms with Crippen molar-refractivity contribution in [1.29, 1.82) is 5.26 Å². The van der Waals surface area contributed by atoms with Gasteiger partial charge in [0.05, 0.1) is 18.7 Å². The topological polar surface area (TPSA) is 33.0 Å². The molecule has 0 bridgehead atoms. The number of nitrogens with zero attached hydrogens (tertiary/aromatic N) is 1. The average molecular weight is 257 g/mol. The van der Waals surface area contributed by atoms with Crippen LogP contribution in [0.1, 0.15) is 36.8 Å². The van der Waals surface area contributed by atoms with Crippen molar-refractivity contribution in [2.75, 3.05) is 7.11 Å². The minimum absolute atomic E-state index is 0.0121. The average Bonchev–Trinajstić information content (AvgIpc) is 2.34. The molecule has 0 spiro atoms. The third kappa shape index (κ3) is 3.39. The van der Waals surface area contributed by atoms with Crippen molar-refractivity contribution in [1.82, 2.24) is 0 Å². The number of benzene rings is 1. The normalized spacial score (nSPS) is 12.9. The van der Waals surface area contributed by atoms with Crippen molar-refractivity contribution in [2.45, 2.75) is 31.9 Å². The van der Waals surface area contributed by atoms with E-state index in [2.05, 4.69) is 0 Å². The van der Waals surface area contributed by atoms with Gasteiger partial charge in [-0.3, -0.25) is 0 Å². The quantitative estimate of drug-likeness (QED) is 0.812. The van der Waals surface area contributed by atoms with Crippen LogP contribution < -0.4 is 4.74 Å². The van der Waals surface area contributed by atoms with Crippen LogP contribution in [0, 0.1) is 11.3 Å². The molecule has 2 nitrogen and oxygen atoms in total. The molecule has 1 atom stereocenters. The second-order valence-corrected chi connectivity index (χ2v) is 4.05. The third-order valence-corrected chi connectivity index (χ3v) is 2.78. The fourth-order valence-corrected chi connectivity index (χ4v) is 1.73. The van der Waals surface area contributed by atoms with Crippen molar-refractivity contribution >= 4 is 0 Å². The molecule has 1 aromatic rings. The van der Waals surface area contributed by atoms with Gasteiger partial charge in [-0.15, -0.1) is 0 Å². The summed E-state index contributed by atoms with van der Waals surface area (Å²) in [6.07, 6.45) is -3.41. The molecule has 0 saturated carbocycles. The van der Waals surface area contributed by atoms with Gasteiger partial charge in [-0.1, -0.05) is 13.0 Å². The third-order valence-electron chi connectivity index (χ3n) is 2.78.